The zero-order valence-corrected chi connectivity index (χ0v) is 18.0. The average molecular weight is 440 g/mol. The first kappa shape index (κ1) is 19.8. The molecule has 1 aliphatic rings. The lowest BCUT2D eigenvalue weighted by atomic mass is 10.2. The summed E-state index contributed by atoms with van der Waals surface area (Å²) in [5, 5.41) is 0.809. The van der Waals surface area contributed by atoms with Gasteiger partial charge < -0.3 is 9.15 Å². The van der Waals surface area contributed by atoms with E-state index in [1.807, 2.05) is 48.5 Å². The Morgan fingerprint density at radius 3 is 2.76 bits per heavy atom. The first-order valence-electron chi connectivity index (χ1n) is 8.82. The van der Waals surface area contributed by atoms with Crippen LogP contribution in [0.4, 0.5) is 5.69 Å². The Balaban J connectivity index is 1.48. The van der Waals surface area contributed by atoms with Crippen molar-refractivity contribution in [1.29, 1.82) is 0 Å². The highest BCUT2D eigenvalue weighted by Gasteiger charge is 2.33. The zero-order valence-electron chi connectivity index (χ0n) is 15.5. The molecule has 0 radical (unpaired) electrons. The second-order valence-corrected chi connectivity index (χ2v) is 8.81. The minimum absolute atomic E-state index is 0.164. The minimum atomic E-state index is -0.164. The quantitative estimate of drug-likeness (QED) is 0.267. The van der Waals surface area contributed by atoms with Crippen LogP contribution < -0.4 is 9.64 Å². The van der Waals surface area contributed by atoms with Gasteiger partial charge in [-0.05, 0) is 29.8 Å². The molecule has 29 heavy (non-hydrogen) atoms. The van der Waals surface area contributed by atoms with Gasteiger partial charge in [-0.1, -0.05) is 72.1 Å². The van der Waals surface area contributed by atoms with Crippen LogP contribution in [0.3, 0.4) is 0 Å². The highest BCUT2D eigenvalue weighted by atomic mass is 32.2. The van der Waals surface area contributed by atoms with E-state index in [9.17, 15) is 4.79 Å². The number of anilines is 1. The third-order valence-electron chi connectivity index (χ3n) is 4.20. The Morgan fingerprint density at radius 2 is 1.97 bits per heavy atom. The van der Waals surface area contributed by atoms with Gasteiger partial charge in [0.1, 0.15) is 11.5 Å². The van der Waals surface area contributed by atoms with E-state index in [2.05, 4.69) is 12.1 Å². The molecule has 1 fully saturated rings. The molecule has 1 saturated heterocycles. The summed E-state index contributed by atoms with van der Waals surface area (Å²) >= 11 is 8.31. The van der Waals surface area contributed by atoms with Crippen LogP contribution in [0, 0.1) is 0 Å². The van der Waals surface area contributed by atoms with Crippen LogP contribution in [-0.4, -0.2) is 17.3 Å². The molecule has 0 N–H and O–H groups in total. The number of nitrogens with zero attached hydrogens (tertiary/aromatic N) is 1. The van der Waals surface area contributed by atoms with Crippen LogP contribution in [0.2, 0.25) is 0 Å². The fraction of sp³-hybridized carbons (Fsp3) is 0.0909. The third kappa shape index (κ3) is 4.58. The van der Waals surface area contributed by atoms with Crippen molar-refractivity contribution in [3.8, 4) is 5.75 Å². The van der Waals surface area contributed by atoms with Crippen molar-refractivity contribution in [2.24, 2.45) is 0 Å². The summed E-state index contributed by atoms with van der Waals surface area (Å²) in [6.07, 6.45) is 1.74. The first-order chi connectivity index (χ1) is 14.1. The molecule has 0 aliphatic carbocycles. The van der Waals surface area contributed by atoms with Gasteiger partial charge in [-0.2, -0.15) is 0 Å². The number of thioether (sulfide) groups is 2. The fourth-order valence-corrected chi connectivity index (χ4v) is 4.89. The van der Waals surface area contributed by atoms with Gasteiger partial charge in [-0.25, -0.2) is 0 Å². The number of furan rings is 1. The number of hydrogen-bond donors (Lipinski definition) is 0. The number of methoxy groups -OCH3 is 1. The number of hydrogen-bond acceptors (Lipinski definition) is 6. The topological polar surface area (TPSA) is 42.7 Å². The zero-order chi connectivity index (χ0) is 20.2. The Bertz CT molecular complexity index is 1080. The summed E-state index contributed by atoms with van der Waals surface area (Å²) < 4.78 is 11.6. The number of rotatable bonds is 6. The minimum Gasteiger partial charge on any atom is -0.497 e. The molecule has 0 unspecified atom stereocenters. The maximum absolute atomic E-state index is 12.9. The predicted octanol–water partition coefficient (Wildman–Crippen LogP) is 5.99. The van der Waals surface area contributed by atoms with E-state index >= 15 is 0 Å². The molecule has 4 rings (SSSR count). The lowest BCUT2D eigenvalue weighted by Gasteiger charge is -2.15. The molecule has 0 saturated carbocycles. The first-order valence-corrected chi connectivity index (χ1v) is 11.0. The van der Waals surface area contributed by atoms with Crippen molar-refractivity contribution in [2.75, 3.05) is 12.0 Å². The summed E-state index contributed by atoms with van der Waals surface area (Å²) in [6, 6.07) is 21.3. The van der Waals surface area contributed by atoms with Crippen molar-refractivity contribution < 1.29 is 13.9 Å². The van der Waals surface area contributed by atoms with Crippen molar-refractivity contribution >= 4 is 57.7 Å². The number of carbonyl (C=O) groups is 1. The molecule has 146 valence electrons. The maximum atomic E-state index is 12.9. The van der Waals surface area contributed by atoms with Crippen molar-refractivity contribution in [2.45, 2.75) is 10.8 Å². The van der Waals surface area contributed by atoms with Gasteiger partial charge in [0, 0.05) is 17.9 Å². The van der Waals surface area contributed by atoms with E-state index in [0.29, 0.717) is 26.4 Å². The molecule has 2 aromatic carbocycles. The molecule has 3 aromatic rings. The Kier molecular flexibility index (Phi) is 6.08. The van der Waals surface area contributed by atoms with Gasteiger partial charge in [0.15, 0.2) is 9.41 Å². The summed E-state index contributed by atoms with van der Waals surface area (Å²) in [4.78, 5) is 14.9. The second-order valence-electron chi connectivity index (χ2n) is 6.15. The molecule has 0 atom stereocenters. The third-order valence-corrected chi connectivity index (χ3v) is 6.49. The standard InChI is InChI=1S/C22H17NO3S3/c1-25-17-9-5-8-16(12-17)23-21(24)19(29-22(23)27)13-18-10-11-20(26-18)28-14-15-6-3-2-4-7-15/h2-13H,14H2,1H3. The maximum Gasteiger partial charge on any atom is 0.270 e. The van der Waals surface area contributed by atoms with Crippen LogP contribution in [-0.2, 0) is 10.5 Å². The molecule has 0 spiro atoms. The van der Waals surface area contributed by atoms with Crippen LogP contribution in [0.15, 0.2) is 81.1 Å². The molecular weight excluding hydrogens is 422 g/mol. The largest absolute Gasteiger partial charge is 0.497 e. The molecule has 1 aliphatic heterocycles. The van der Waals surface area contributed by atoms with E-state index in [0.717, 1.165) is 10.8 Å². The van der Waals surface area contributed by atoms with Gasteiger partial charge in [-0.3, -0.25) is 9.69 Å². The normalized spacial score (nSPS) is 15.3. The van der Waals surface area contributed by atoms with Crippen LogP contribution in [0.5, 0.6) is 5.75 Å². The molecule has 1 amide bonds. The Hall–Kier alpha value is -2.48. The molecule has 0 bridgehead atoms. The number of ether oxygens (including phenoxy) is 1. The molecule has 7 heteroatoms. The van der Waals surface area contributed by atoms with Gasteiger partial charge in [0.25, 0.3) is 5.91 Å². The smallest absolute Gasteiger partial charge is 0.270 e. The molecule has 1 aromatic heterocycles. The number of thiocarbonyl (C=S) groups is 1. The SMILES string of the molecule is COc1cccc(N2C(=O)C(=Cc3ccc(SCc4ccccc4)o3)SC2=S)c1. The van der Waals surface area contributed by atoms with Crippen LogP contribution >= 0.6 is 35.7 Å². The number of benzene rings is 2. The second kappa shape index (κ2) is 8.90. The summed E-state index contributed by atoms with van der Waals surface area (Å²) in [5.74, 6) is 1.97. The van der Waals surface area contributed by atoms with Gasteiger partial charge in [0.05, 0.1) is 17.7 Å². The van der Waals surface area contributed by atoms with Crippen molar-refractivity contribution in [1.82, 2.24) is 0 Å². The lowest BCUT2D eigenvalue weighted by molar-refractivity contribution is -0.113. The average Bonchev–Trinajstić information content (AvgIpc) is 3.31. The fourth-order valence-electron chi connectivity index (χ4n) is 2.79. The van der Waals surface area contributed by atoms with Crippen molar-refractivity contribution in [3.05, 3.63) is 83.0 Å². The van der Waals surface area contributed by atoms with Gasteiger partial charge >= 0.3 is 0 Å². The number of carbonyl (C=O) groups excluding carboxylic acids is 1. The monoisotopic (exact) mass is 439 g/mol. The molecular formula is C22H17NO3S3. The van der Waals surface area contributed by atoms with Crippen molar-refractivity contribution in [3.63, 3.8) is 0 Å². The van der Waals surface area contributed by atoms with E-state index in [-0.39, 0.29) is 5.91 Å². The van der Waals surface area contributed by atoms with Crippen LogP contribution in [0.25, 0.3) is 6.08 Å². The van der Waals surface area contributed by atoms with E-state index in [1.54, 1.807) is 31.0 Å². The molecule has 4 nitrogen and oxygen atoms in total. The van der Waals surface area contributed by atoms with Gasteiger partial charge in [0.2, 0.25) is 0 Å². The summed E-state index contributed by atoms with van der Waals surface area (Å²) in [6.45, 7) is 0. The van der Waals surface area contributed by atoms with Crippen LogP contribution in [0.1, 0.15) is 11.3 Å². The van der Waals surface area contributed by atoms with E-state index < -0.39 is 0 Å². The number of amides is 1. The van der Waals surface area contributed by atoms with Gasteiger partial charge in [-0.15, -0.1) is 0 Å². The van der Waals surface area contributed by atoms with E-state index in [4.69, 9.17) is 21.4 Å². The Morgan fingerprint density at radius 1 is 1.14 bits per heavy atom. The molecule has 2 heterocycles. The van der Waals surface area contributed by atoms with E-state index in [1.165, 1.54) is 22.2 Å². The highest BCUT2D eigenvalue weighted by molar-refractivity contribution is 8.27. The highest BCUT2D eigenvalue weighted by Crippen LogP contribution is 2.37. The predicted molar refractivity (Wildman–Crippen MR) is 123 cm³/mol. The summed E-state index contributed by atoms with van der Waals surface area (Å²) in [5.41, 5.74) is 1.92. The summed E-state index contributed by atoms with van der Waals surface area (Å²) in [7, 11) is 1.59. The Labute approximate surface area is 182 Å². The lowest BCUT2D eigenvalue weighted by Crippen LogP contribution is -2.27.